The zero-order valence-corrected chi connectivity index (χ0v) is 8.14. The summed E-state index contributed by atoms with van der Waals surface area (Å²) in [6, 6.07) is -0.559. The van der Waals surface area contributed by atoms with Crippen LogP contribution in [-0.2, 0) is 4.79 Å². The third-order valence-corrected chi connectivity index (χ3v) is 2.49. The Kier molecular flexibility index (Phi) is 3.29. The van der Waals surface area contributed by atoms with Gasteiger partial charge in [0, 0.05) is 20.1 Å². The molecule has 0 radical (unpaired) electrons. The fourth-order valence-electron chi connectivity index (χ4n) is 1.57. The first-order valence-corrected chi connectivity index (χ1v) is 4.53. The number of hydrogen-bond acceptors (Lipinski definition) is 3. The van der Waals surface area contributed by atoms with Crippen molar-refractivity contribution < 1.29 is 14.7 Å². The molecule has 80 valence electrons. The fourth-order valence-corrected chi connectivity index (χ4v) is 1.57. The number of carbonyl (C=O) groups is 2. The Morgan fingerprint density at radius 1 is 1.57 bits per heavy atom. The van der Waals surface area contributed by atoms with Crippen molar-refractivity contribution in [3.05, 3.63) is 0 Å². The van der Waals surface area contributed by atoms with Gasteiger partial charge < -0.3 is 10.8 Å². The van der Waals surface area contributed by atoms with Crippen molar-refractivity contribution in [2.24, 2.45) is 11.7 Å². The maximum Gasteiger partial charge on any atom is 0.329 e. The van der Waals surface area contributed by atoms with E-state index in [1.165, 1.54) is 5.01 Å². The fraction of sp³-hybridized carbons (Fsp3) is 0.750. The van der Waals surface area contributed by atoms with E-state index in [1.807, 2.05) is 0 Å². The first-order valence-electron chi connectivity index (χ1n) is 4.53. The van der Waals surface area contributed by atoms with Gasteiger partial charge in [-0.25, -0.2) is 9.80 Å². The highest BCUT2D eigenvalue weighted by Crippen LogP contribution is 2.17. The van der Waals surface area contributed by atoms with E-state index >= 15 is 0 Å². The smallest absolute Gasteiger partial charge is 0.329 e. The van der Waals surface area contributed by atoms with Gasteiger partial charge in [-0.05, 0) is 12.8 Å². The Balaban J connectivity index is 2.55. The Bertz CT molecular complexity index is 232. The van der Waals surface area contributed by atoms with Crippen LogP contribution in [0.3, 0.4) is 0 Å². The highest BCUT2D eigenvalue weighted by atomic mass is 16.4. The molecule has 0 bridgehead atoms. The molecule has 0 spiro atoms. The van der Waals surface area contributed by atoms with Crippen molar-refractivity contribution in [3.63, 3.8) is 0 Å². The second-order valence-corrected chi connectivity index (χ2v) is 3.45. The minimum Gasteiger partial charge on any atom is -0.481 e. The number of carboxylic acids is 1. The van der Waals surface area contributed by atoms with E-state index in [2.05, 4.69) is 0 Å². The summed E-state index contributed by atoms with van der Waals surface area (Å²) in [5, 5.41) is 11.8. The summed E-state index contributed by atoms with van der Waals surface area (Å²) in [7, 11) is 1.55. The first kappa shape index (κ1) is 10.8. The van der Waals surface area contributed by atoms with E-state index in [1.54, 1.807) is 12.1 Å². The Hall–Kier alpha value is -1.30. The van der Waals surface area contributed by atoms with E-state index in [-0.39, 0.29) is 0 Å². The lowest BCUT2D eigenvalue weighted by molar-refractivity contribution is -0.145. The lowest BCUT2D eigenvalue weighted by atomic mass is 9.99. The van der Waals surface area contributed by atoms with Gasteiger partial charge in [0.1, 0.15) is 0 Å². The lowest BCUT2D eigenvalue weighted by Crippen LogP contribution is -2.51. The van der Waals surface area contributed by atoms with Gasteiger partial charge in [0.15, 0.2) is 0 Å². The van der Waals surface area contributed by atoms with Crippen LogP contribution in [0, 0.1) is 5.92 Å². The van der Waals surface area contributed by atoms with E-state index in [9.17, 15) is 9.59 Å². The van der Waals surface area contributed by atoms with Crippen LogP contribution in [0.15, 0.2) is 0 Å². The van der Waals surface area contributed by atoms with Gasteiger partial charge >= 0.3 is 12.0 Å². The van der Waals surface area contributed by atoms with Crippen molar-refractivity contribution >= 4 is 12.0 Å². The molecule has 0 saturated carbocycles. The average molecular weight is 201 g/mol. The van der Waals surface area contributed by atoms with Gasteiger partial charge in [0.25, 0.3) is 0 Å². The summed E-state index contributed by atoms with van der Waals surface area (Å²) in [6.45, 7) is 1.04. The average Bonchev–Trinajstić information content (AvgIpc) is 2.16. The van der Waals surface area contributed by atoms with E-state index < -0.39 is 17.9 Å². The van der Waals surface area contributed by atoms with Gasteiger partial charge in [-0.3, -0.25) is 9.80 Å². The molecule has 1 fully saturated rings. The third-order valence-electron chi connectivity index (χ3n) is 2.49. The molecule has 6 nitrogen and oxygen atoms in total. The number of aliphatic carboxylic acids is 1. The largest absolute Gasteiger partial charge is 0.481 e. The molecule has 1 aliphatic rings. The third kappa shape index (κ3) is 2.35. The quantitative estimate of drug-likeness (QED) is 0.642. The van der Waals surface area contributed by atoms with E-state index in [0.717, 1.165) is 6.42 Å². The van der Waals surface area contributed by atoms with Gasteiger partial charge in [-0.1, -0.05) is 0 Å². The Labute approximate surface area is 82.2 Å². The maximum atomic E-state index is 10.8. The van der Waals surface area contributed by atoms with Gasteiger partial charge in [-0.2, -0.15) is 0 Å². The number of nitrogens with two attached hydrogens (primary N) is 1. The zero-order valence-electron chi connectivity index (χ0n) is 8.14. The van der Waals surface area contributed by atoms with Crippen molar-refractivity contribution in [2.75, 3.05) is 20.1 Å². The molecule has 1 saturated heterocycles. The summed E-state index contributed by atoms with van der Waals surface area (Å²) in [4.78, 5) is 21.6. The van der Waals surface area contributed by atoms with Crippen LogP contribution >= 0.6 is 0 Å². The normalized spacial score (nSPS) is 23.1. The van der Waals surface area contributed by atoms with E-state index in [0.29, 0.717) is 19.5 Å². The number of rotatable bonds is 2. The monoisotopic (exact) mass is 201 g/mol. The van der Waals surface area contributed by atoms with Crippen molar-refractivity contribution in [3.8, 4) is 0 Å². The second kappa shape index (κ2) is 4.28. The molecule has 14 heavy (non-hydrogen) atoms. The molecule has 0 aromatic rings. The molecule has 6 heteroatoms. The maximum absolute atomic E-state index is 10.8. The van der Waals surface area contributed by atoms with Crippen LogP contribution in [0.2, 0.25) is 0 Å². The molecule has 0 aromatic carbocycles. The van der Waals surface area contributed by atoms with Crippen molar-refractivity contribution in [1.82, 2.24) is 10.0 Å². The number of primary amides is 1. The molecular weight excluding hydrogens is 186 g/mol. The SMILES string of the molecule is CN(C(N)=O)N1CCCC(C(=O)O)C1. The number of hydrazine groups is 1. The predicted molar refractivity (Wildman–Crippen MR) is 49.3 cm³/mol. The molecular formula is C8H15N3O3. The molecule has 1 heterocycles. The van der Waals surface area contributed by atoms with Crippen LogP contribution in [0.4, 0.5) is 4.79 Å². The number of carboxylic acid groups (broad SMARTS) is 1. The van der Waals surface area contributed by atoms with Crippen LogP contribution in [0.1, 0.15) is 12.8 Å². The van der Waals surface area contributed by atoms with Crippen molar-refractivity contribution in [1.29, 1.82) is 0 Å². The Morgan fingerprint density at radius 3 is 2.71 bits per heavy atom. The van der Waals surface area contributed by atoms with Crippen molar-refractivity contribution in [2.45, 2.75) is 12.8 Å². The molecule has 0 aromatic heterocycles. The first-order chi connectivity index (χ1) is 6.52. The summed E-state index contributed by atoms with van der Waals surface area (Å²) >= 11 is 0. The number of urea groups is 1. The van der Waals surface area contributed by atoms with Crippen LogP contribution < -0.4 is 5.73 Å². The standard InChI is InChI=1S/C8H15N3O3/c1-10(8(9)14)11-4-2-3-6(5-11)7(12)13/h6H,2-5H2,1H3,(H2,9,14)(H,12,13). The van der Waals surface area contributed by atoms with Gasteiger partial charge in [-0.15, -0.1) is 0 Å². The topological polar surface area (TPSA) is 86.9 Å². The van der Waals surface area contributed by atoms with Gasteiger partial charge in [0.2, 0.25) is 0 Å². The number of carbonyl (C=O) groups excluding carboxylic acids is 1. The summed E-state index contributed by atoms with van der Waals surface area (Å²) in [5.74, 6) is -1.21. The summed E-state index contributed by atoms with van der Waals surface area (Å²) < 4.78 is 0. The summed E-state index contributed by atoms with van der Waals surface area (Å²) in [6.07, 6.45) is 1.44. The number of piperidine rings is 1. The van der Waals surface area contributed by atoms with Gasteiger partial charge in [0.05, 0.1) is 5.92 Å². The predicted octanol–water partition coefficient (Wildman–Crippen LogP) is -0.291. The molecule has 1 unspecified atom stereocenters. The number of nitrogens with zero attached hydrogens (tertiary/aromatic N) is 2. The minimum atomic E-state index is -0.812. The zero-order chi connectivity index (χ0) is 10.7. The summed E-state index contributed by atoms with van der Waals surface area (Å²) in [5.41, 5.74) is 5.09. The second-order valence-electron chi connectivity index (χ2n) is 3.45. The minimum absolute atomic E-state index is 0.356. The van der Waals surface area contributed by atoms with Crippen LogP contribution in [0.25, 0.3) is 0 Å². The highest BCUT2D eigenvalue weighted by Gasteiger charge is 2.28. The van der Waals surface area contributed by atoms with Crippen LogP contribution in [0.5, 0.6) is 0 Å². The molecule has 2 amide bonds. The molecule has 0 aliphatic carbocycles. The molecule has 1 aliphatic heterocycles. The Morgan fingerprint density at radius 2 is 2.21 bits per heavy atom. The van der Waals surface area contributed by atoms with E-state index in [4.69, 9.17) is 10.8 Å². The molecule has 3 N–H and O–H groups in total. The highest BCUT2D eigenvalue weighted by molar-refractivity contribution is 5.72. The number of hydrogen-bond donors (Lipinski definition) is 2. The lowest BCUT2D eigenvalue weighted by Gasteiger charge is -2.35. The molecule has 1 atom stereocenters. The number of amides is 2. The molecule has 1 rings (SSSR count). The van der Waals surface area contributed by atoms with Crippen LogP contribution in [-0.4, -0.2) is 47.3 Å².